The number of ether oxygens (including phenoxy) is 2. The van der Waals surface area contributed by atoms with Crippen LogP contribution in [0.2, 0.25) is 0 Å². The lowest BCUT2D eigenvalue weighted by atomic mass is 9.97. The average molecular weight is 453 g/mol. The third kappa shape index (κ3) is 3.44. The Morgan fingerprint density at radius 1 is 1.03 bits per heavy atom. The van der Waals surface area contributed by atoms with Gasteiger partial charge in [-0.15, -0.1) is 0 Å². The van der Waals surface area contributed by atoms with Gasteiger partial charge in [0.25, 0.3) is 5.91 Å². The van der Waals surface area contributed by atoms with E-state index in [4.69, 9.17) is 13.9 Å². The minimum absolute atomic E-state index is 0.0566. The Kier molecular flexibility index (Phi) is 5.42. The zero-order valence-electron chi connectivity index (χ0n) is 18.9. The number of rotatable bonds is 6. The number of amides is 1. The number of hydrogen-bond acceptors (Lipinski definition) is 5. The maximum absolute atomic E-state index is 13.7. The molecule has 1 atom stereocenters. The standard InChI is InChI=1S/C28H23NO5/c1-4-14-33-22-13-12-18(16-23(22)32-3)25-24-26(30)20-10-5-6-11-21(20)34-27(24)28(31)29(25)19-9-7-8-17(2)15-19/h4-13,15-16,25H,1,14H2,2-3H3. The maximum Gasteiger partial charge on any atom is 0.295 e. The van der Waals surface area contributed by atoms with Gasteiger partial charge in [0.2, 0.25) is 5.76 Å². The van der Waals surface area contributed by atoms with Gasteiger partial charge in [-0.05, 0) is 54.4 Å². The van der Waals surface area contributed by atoms with Crippen LogP contribution in [0.4, 0.5) is 5.69 Å². The van der Waals surface area contributed by atoms with Crippen LogP contribution in [0, 0.1) is 6.92 Å². The molecule has 0 bridgehead atoms. The molecule has 6 heteroatoms. The van der Waals surface area contributed by atoms with Crippen molar-refractivity contribution in [2.24, 2.45) is 0 Å². The first kappa shape index (κ1) is 21.5. The third-order valence-electron chi connectivity index (χ3n) is 5.92. The molecule has 0 saturated heterocycles. The number of carbonyl (C=O) groups excluding carboxylic acids is 1. The van der Waals surface area contributed by atoms with Crippen LogP contribution < -0.4 is 19.8 Å². The lowest BCUT2D eigenvalue weighted by molar-refractivity contribution is 0.0971. The molecule has 0 N–H and O–H groups in total. The van der Waals surface area contributed by atoms with Gasteiger partial charge in [-0.25, -0.2) is 0 Å². The summed E-state index contributed by atoms with van der Waals surface area (Å²) in [4.78, 5) is 28.9. The fraction of sp³-hybridized carbons (Fsp3) is 0.143. The first-order valence-corrected chi connectivity index (χ1v) is 10.9. The van der Waals surface area contributed by atoms with Crippen molar-refractivity contribution in [3.05, 3.63) is 112 Å². The monoisotopic (exact) mass is 453 g/mol. The van der Waals surface area contributed by atoms with Gasteiger partial charge in [0, 0.05) is 5.69 Å². The van der Waals surface area contributed by atoms with E-state index in [0.717, 1.165) is 5.56 Å². The Labute approximate surface area is 196 Å². The molecule has 5 rings (SSSR count). The summed E-state index contributed by atoms with van der Waals surface area (Å²) in [5, 5.41) is 0.433. The number of fused-ring (bicyclic) bond motifs is 2. The molecule has 34 heavy (non-hydrogen) atoms. The fourth-order valence-electron chi connectivity index (χ4n) is 4.40. The molecule has 3 aromatic carbocycles. The van der Waals surface area contributed by atoms with Gasteiger partial charge in [0.15, 0.2) is 16.9 Å². The van der Waals surface area contributed by atoms with Crippen LogP contribution in [0.3, 0.4) is 0 Å². The summed E-state index contributed by atoms with van der Waals surface area (Å²) in [6.45, 7) is 5.96. The van der Waals surface area contributed by atoms with Crippen LogP contribution in [-0.2, 0) is 0 Å². The summed E-state index contributed by atoms with van der Waals surface area (Å²) in [6, 6.07) is 19.3. The zero-order valence-corrected chi connectivity index (χ0v) is 18.9. The van der Waals surface area contributed by atoms with Crippen molar-refractivity contribution in [1.29, 1.82) is 0 Å². The first-order valence-electron chi connectivity index (χ1n) is 10.9. The fourth-order valence-corrected chi connectivity index (χ4v) is 4.40. The molecule has 0 aliphatic carbocycles. The van der Waals surface area contributed by atoms with Crippen LogP contribution in [0.25, 0.3) is 11.0 Å². The molecule has 6 nitrogen and oxygen atoms in total. The van der Waals surface area contributed by atoms with E-state index in [2.05, 4.69) is 6.58 Å². The Morgan fingerprint density at radius 2 is 1.85 bits per heavy atom. The normalized spacial score (nSPS) is 14.8. The van der Waals surface area contributed by atoms with Gasteiger partial charge in [-0.1, -0.05) is 43.0 Å². The summed E-state index contributed by atoms with van der Waals surface area (Å²) in [5.74, 6) is 0.735. The second-order valence-corrected chi connectivity index (χ2v) is 8.10. The largest absolute Gasteiger partial charge is 0.493 e. The molecule has 1 aliphatic rings. The lowest BCUT2D eigenvalue weighted by Gasteiger charge is -2.26. The number of methoxy groups -OCH3 is 1. The van der Waals surface area contributed by atoms with E-state index < -0.39 is 6.04 Å². The Bertz CT molecular complexity index is 1490. The van der Waals surface area contributed by atoms with Crippen molar-refractivity contribution >= 4 is 22.6 Å². The van der Waals surface area contributed by atoms with E-state index >= 15 is 0 Å². The summed E-state index contributed by atoms with van der Waals surface area (Å²) >= 11 is 0. The highest BCUT2D eigenvalue weighted by Gasteiger charge is 2.44. The predicted molar refractivity (Wildman–Crippen MR) is 131 cm³/mol. The molecule has 0 fully saturated rings. The molecule has 0 saturated carbocycles. The third-order valence-corrected chi connectivity index (χ3v) is 5.92. The van der Waals surface area contributed by atoms with Crippen molar-refractivity contribution in [2.75, 3.05) is 18.6 Å². The van der Waals surface area contributed by atoms with E-state index in [1.54, 1.807) is 54.5 Å². The van der Waals surface area contributed by atoms with Gasteiger partial charge in [-0.2, -0.15) is 0 Å². The number of para-hydroxylation sites is 1. The van der Waals surface area contributed by atoms with Crippen molar-refractivity contribution in [2.45, 2.75) is 13.0 Å². The van der Waals surface area contributed by atoms with Crippen LogP contribution in [0.5, 0.6) is 11.5 Å². The molecule has 0 radical (unpaired) electrons. The highest BCUT2D eigenvalue weighted by molar-refractivity contribution is 6.10. The smallest absolute Gasteiger partial charge is 0.295 e. The Balaban J connectivity index is 1.76. The molecule has 1 aromatic heterocycles. The highest BCUT2D eigenvalue weighted by Crippen LogP contribution is 2.43. The summed E-state index contributed by atoms with van der Waals surface area (Å²) in [6.07, 6.45) is 1.65. The number of anilines is 1. The number of carbonyl (C=O) groups is 1. The number of benzene rings is 3. The van der Waals surface area contributed by atoms with Gasteiger partial charge in [0.05, 0.1) is 24.1 Å². The number of nitrogens with zero attached hydrogens (tertiary/aromatic N) is 1. The van der Waals surface area contributed by atoms with Crippen molar-refractivity contribution < 1.29 is 18.7 Å². The van der Waals surface area contributed by atoms with Crippen molar-refractivity contribution in [3.8, 4) is 11.5 Å². The molecular formula is C28H23NO5. The second-order valence-electron chi connectivity index (χ2n) is 8.10. The quantitative estimate of drug-likeness (QED) is 0.365. The van der Waals surface area contributed by atoms with Gasteiger partial charge < -0.3 is 13.9 Å². The van der Waals surface area contributed by atoms with Gasteiger partial charge in [-0.3, -0.25) is 14.5 Å². The molecule has 2 heterocycles. The van der Waals surface area contributed by atoms with E-state index in [1.807, 2.05) is 37.3 Å². The Morgan fingerprint density at radius 3 is 2.62 bits per heavy atom. The summed E-state index contributed by atoms with van der Waals surface area (Å²) in [5.41, 5.74) is 2.85. The Hall–Kier alpha value is -4.32. The number of hydrogen-bond donors (Lipinski definition) is 0. The van der Waals surface area contributed by atoms with Gasteiger partial charge >= 0.3 is 0 Å². The zero-order chi connectivity index (χ0) is 23.8. The van der Waals surface area contributed by atoms with Crippen LogP contribution in [0.15, 0.2) is 88.6 Å². The minimum Gasteiger partial charge on any atom is -0.493 e. The predicted octanol–water partition coefficient (Wildman–Crippen LogP) is 5.42. The van der Waals surface area contributed by atoms with E-state index in [9.17, 15) is 9.59 Å². The maximum atomic E-state index is 13.7. The molecule has 4 aromatic rings. The van der Waals surface area contributed by atoms with Crippen LogP contribution in [-0.4, -0.2) is 19.6 Å². The van der Waals surface area contributed by atoms with Crippen LogP contribution >= 0.6 is 0 Å². The van der Waals surface area contributed by atoms with Crippen molar-refractivity contribution in [3.63, 3.8) is 0 Å². The molecule has 1 amide bonds. The molecule has 170 valence electrons. The summed E-state index contributed by atoms with van der Waals surface area (Å²) in [7, 11) is 1.55. The average Bonchev–Trinajstić information content (AvgIpc) is 3.15. The molecular weight excluding hydrogens is 430 g/mol. The highest BCUT2D eigenvalue weighted by atomic mass is 16.5. The topological polar surface area (TPSA) is 69.0 Å². The minimum atomic E-state index is -0.687. The van der Waals surface area contributed by atoms with E-state index in [1.165, 1.54) is 0 Å². The SMILES string of the molecule is C=CCOc1ccc(C2c3c(oc4ccccc4c3=O)C(=O)N2c2cccc(C)c2)cc1OC. The lowest BCUT2D eigenvalue weighted by Crippen LogP contribution is -2.29. The second kappa shape index (κ2) is 8.56. The molecule has 0 spiro atoms. The van der Waals surface area contributed by atoms with E-state index in [-0.39, 0.29) is 17.1 Å². The molecule has 1 unspecified atom stereocenters. The first-order chi connectivity index (χ1) is 16.5. The van der Waals surface area contributed by atoms with Gasteiger partial charge in [0.1, 0.15) is 12.2 Å². The molecule has 1 aliphatic heterocycles. The van der Waals surface area contributed by atoms with Crippen molar-refractivity contribution in [1.82, 2.24) is 0 Å². The number of aryl methyl sites for hydroxylation is 1. The summed E-state index contributed by atoms with van der Waals surface area (Å²) < 4.78 is 17.3. The van der Waals surface area contributed by atoms with E-state index in [0.29, 0.717) is 45.9 Å². The van der Waals surface area contributed by atoms with Crippen LogP contribution in [0.1, 0.15) is 33.3 Å².